The number of fused-ring (bicyclic) bond motifs is 5. The van der Waals surface area contributed by atoms with Crippen LogP contribution in [0.3, 0.4) is 0 Å². The molecule has 0 spiro atoms. The first-order valence-corrected chi connectivity index (χ1v) is 10.6. The van der Waals surface area contributed by atoms with Crippen LogP contribution in [-0.4, -0.2) is 17.4 Å². The highest BCUT2D eigenvalue weighted by molar-refractivity contribution is 5.89. The van der Waals surface area contributed by atoms with Crippen molar-refractivity contribution in [2.45, 2.75) is 91.1 Å². The van der Waals surface area contributed by atoms with E-state index in [4.69, 9.17) is 4.74 Å². The lowest BCUT2D eigenvalue weighted by molar-refractivity contribution is -0.187. The Morgan fingerprint density at radius 3 is 2.46 bits per heavy atom. The van der Waals surface area contributed by atoms with Crippen LogP contribution in [0.5, 0.6) is 0 Å². The fraction of sp³-hybridized carbons (Fsp3) is 0.826. The van der Waals surface area contributed by atoms with Crippen LogP contribution < -0.4 is 0 Å². The monoisotopic (exact) mass is 358 g/mol. The summed E-state index contributed by atoms with van der Waals surface area (Å²) >= 11 is 0. The average molecular weight is 359 g/mol. The van der Waals surface area contributed by atoms with E-state index >= 15 is 0 Å². The number of carbonyl (C=O) groups is 2. The van der Waals surface area contributed by atoms with Crippen molar-refractivity contribution in [3.63, 3.8) is 0 Å². The standard InChI is InChI=1S/C23H34O3/c1-15(24)23(26-16(2)25)14-11-20-18-9-8-17-7-5-6-12-21(17,3)19(18)10-13-22(20,23)4/h7,18-20H,5-6,8-14H2,1-4H3/t18-,19+,20+,21+,22+,23+/m1/s1. The molecule has 3 heteroatoms. The summed E-state index contributed by atoms with van der Waals surface area (Å²) in [7, 11) is 0. The molecule has 3 saturated carbocycles. The molecule has 3 fully saturated rings. The fourth-order valence-electron chi connectivity index (χ4n) is 7.82. The van der Waals surface area contributed by atoms with Gasteiger partial charge < -0.3 is 4.74 Å². The molecule has 4 aliphatic rings. The van der Waals surface area contributed by atoms with Crippen LogP contribution in [0.2, 0.25) is 0 Å². The Balaban J connectivity index is 1.70. The maximum absolute atomic E-state index is 12.7. The molecular formula is C23H34O3. The van der Waals surface area contributed by atoms with E-state index in [0.717, 1.165) is 18.8 Å². The van der Waals surface area contributed by atoms with E-state index in [1.54, 1.807) is 12.5 Å². The van der Waals surface area contributed by atoms with Crippen molar-refractivity contribution in [3.05, 3.63) is 11.6 Å². The number of ether oxygens (including phenoxy) is 1. The normalized spacial score (nSPS) is 47.2. The molecular weight excluding hydrogens is 324 g/mol. The zero-order valence-electron chi connectivity index (χ0n) is 16.9. The van der Waals surface area contributed by atoms with Gasteiger partial charge in [-0.2, -0.15) is 0 Å². The van der Waals surface area contributed by atoms with Gasteiger partial charge in [-0.05, 0) is 87.9 Å². The zero-order valence-corrected chi connectivity index (χ0v) is 16.9. The minimum Gasteiger partial charge on any atom is -0.451 e. The highest BCUT2D eigenvalue weighted by Crippen LogP contribution is 2.68. The van der Waals surface area contributed by atoms with E-state index in [9.17, 15) is 9.59 Å². The summed E-state index contributed by atoms with van der Waals surface area (Å²) in [4.78, 5) is 24.6. The molecule has 26 heavy (non-hydrogen) atoms. The SMILES string of the molecule is CC(=O)O[C@]1(C(C)=O)CC[C@H]2[C@@H]3CCC4=CCCC[C@]4(C)[C@H]3CC[C@@]21C. The number of allylic oxidation sites excluding steroid dienone is 2. The maximum Gasteiger partial charge on any atom is 0.303 e. The Morgan fingerprint density at radius 2 is 1.77 bits per heavy atom. The summed E-state index contributed by atoms with van der Waals surface area (Å²) in [6.07, 6.45) is 12.8. The molecule has 6 atom stereocenters. The van der Waals surface area contributed by atoms with E-state index in [-0.39, 0.29) is 17.2 Å². The van der Waals surface area contributed by atoms with Crippen LogP contribution in [0.25, 0.3) is 0 Å². The summed E-state index contributed by atoms with van der Waals surface area (Å²) in [5.74, 6) is 1.66. The van der Waals surface area contributed by atoms with Gasteiger partial charge in [-0.25, -0.2) is 0 Å². The van der Waals surface area contributed by atoms with Crippen molar-refractivity contribution in [2.24, 2.45) is 28.6 Å². The minimum absolute atomic E-state index is 0.0522. The molecule has 0 aromatic rings. The second-order valence-corrected chi connectivity index (χ2v) is 9.93. The van der Waals surface area contributed by atoms with Crippen LogP contribution >= 0.6 is 0 Å². The molecule has 0 radical (unpaired) electrons. The second kappa shape index (κ2) is 5.94. The first kappa shape index (κ1) is 18.3. The number of hydrogen-bond acceptors (Lipinski definition) is 3. The first-order valence-electron chi connectivity index (χ1n) is 10.6. The quantitative estimate of drug-likeness (QED) is 0.501. The summed E-state index contributed by atoms with van der Waals surface area (Å²) in [5, 5.41) is 0. The predicted octanol–water partition coefficient (Wildman–Crippen LogP) is 5.23. The number of carbonyl (C=O) groups excluding carboxylic acids is 2. The minimum atomic E-state index is -0.891. The number of hydrogen-bond donors (Lipinski definition) is 0. The molecule has 0 heterocycles. The van der Waals surface area contributed by atoms with E-state index < -0.39 is 5.60 Å². The first-order chi connectivity index (χ1) is 12.2. The van der Waals surface area contributed by atoms with Crippen LogP contribution in [0.4, 0.5) is 0 Å². The van der Waals surface area contributed by atoms with E-state index in [1.807, 2.05) is 0 Å². The molecule has 4 aliphatic carbocycles. The fourth-order valence-corrected chi connectivity index (χ4v) is 7.82. The highest BCUT2D eigenvalue weighted by atomic mass is 16.6. The van der Waals surface area contributed by atoms with Crippen molar-refractivity contribution in [3.8, 4) is 0 Å². The topological polar surface area (TPSA) is 43.4 Å². The molecule has 0 aromatic heterocycles. The largest absolute Gasteiger partial charge is 0.451 e. The summed E-state index contributed by atoms with van der Waals surface area (Å²) in [6, 6.07) is 0. The van der Waals surface area contributed by atoms with Gasteiger partial charge in [0.05, 0.1) is 0 Å². The van der Waals surface area contributed by atoms with Crippen molar-refractivity contribution >= 4 is 11.8 Å². The van der Waals surface area contributed by atoms with Crippen LogP contribution in [0.15, 0.2) is 11.6 Å². The molecule has 0 aliphatic heterocycles. The summed E-state index contributed by atoms with van der Waals surface area (Å²) in [6.45, 7) is 7.84. The van der Waals surface area contributed by atoms with Gasteiger partial charge in [0.1, 0.15) is 0 Å². The Bertz CT molecular complexity index is 664. The van der Waals surface area contributed by atoms with Gasteiger partial charge in [-0.3, -0.25) is 9.59 Å². The third-order valence-electron chi connectivity index (χ3n) is 9.03. The van der Waals surface area contributed by atoms with Gasteiger partial charge in [-0.15, -0.1) is 0 Å². The van der Waals surface area contributed by atoms with E-state index in [1.165, 1.54) is 45.4 Å². The molecule has 0 saturated heterocycles. The Kier molecular flexibility index (Phi) is 4.17. The van der Waals surface area contributed by atoms with Gasteiger partial charge in [0, 0.05) is 12.3 Å². The lowest BCUT2D eigenvalue weighted by atomic mass is 9.46. The Morgan fingerprint density at radius 1 is 1.04 bits per heavy atom. The van der Waals surface area contributed by atoms with Gasteiger partial charge in [0.15, 0.2) is 11.4 Å². The number of esters is 1. The molecule has 0 unspecified atom stereocenters. The van der Waals surface area contributed by atoms with Crippen molar-refractivity contribution in [1.29, 1.82) is 0 Å². The smallest absolute Gasteiger partial charge is 0.303 e. The van der Waals surface area contributed by atoms with Crippen LogP contribution in [0.1, 0.15) is 85.5 Å². The lowest BCUT2D eigenvalue weighted by Gasteiger charge is -2.59. The van der Waals surface area contributed by atoms with Gasteiger partial charge in [-0.1, -0.05) is 25.5 Å². The van der Waals surface area contributed by atoms with Crippen LogP contribution in [-0.2, 0) is 14.3 Å². The molecule has 3 nitrogen and oxygen atoms in total. The van der Waals surface area contributed by atoms with Crippen molar-refractivity contribution in [1.82, 2.24) is 0 Å². The maximum atomic E-state index is 12.7. The number of ketones is 1. The molecule has 0 amide bonds. The third-order valence-corrected chi connectivity index (χ3v) is 9.03. The van der Waals surface area contributed by atoms with Gasteiger partial charge >= 0.3 is 5.97 Å². The highest BCUT2D eigenvalue weighted by Gasteiger charge is 2.67. The molecule has 144 valence electrons. The third kappa shape index (κ3) is 2.24. The number of rotatable bonds is 2. The number of Topliss-reactive ketones (excluding diaryl/α,β-unsaturated/α-hetero) is 1. The molecule has 0 bridgehead atoms. The predicted molar refractivity (Wildman–Crippen MR) is 101 cm³/mol. The molecule has 0 N–H and O–H groups in total. The zero-order chi connectivity index (χ0) is 18.7. The van der Waals surface area contributed by atoms with Gasteiger partial charge in [0.25, 0.3) is 0 Å². The second-order valence-electron chi connectivity index (χ2n) is 9.93. The van der Waals surface area contributed by atoms with Crippen molar-refractivity contribution < 1.29 is 14.3 Å². The Hall–Kier alpha value is -1.12. The molecule has 4 rings (SSSR count). The molecule has 0 aromatic carbocycles. The van der Waals surface area contributed by atoms with Crippen LogP contribution in [0, 0.1) is 28.6 Å². The van der Waals surface area contributed by atoms with E-state index in [2.05, 4.69) is 19.9 Å². The average Bonchev–Trinajstić information content (AvgIpc) is 2.87. The summed E-state index contributed by atoms with van der Waals surface area (Å²) < 4.78 is 5.84. The van der Waals surface area contributed by atoms with Crippen molar-refractivity contribution in [2.75, 3.05) is 0 Å². The van der Waals surface area contributed by atoms with E-state index in [0.29, 0.717) is 23.7 Å². The summed E-state index contributed by atoms with van der Waals surface area (Å²) in [5.41, 5.74) is 0.992. The lowest BCUT2D eigenvalue weighted by Crippen LogP contribution is -2.58. The van der Waals surface area contributed by atoms with Gasteiger partial charge in [0.2, 0.25) is 0 Å². The Labute approximate surface area is 157 Å².